The Bertz CT molecular complexity index is 792. The van der Waals surface area contributed by atoms with Crippen LogP contribution in [-0.4, -0.2) is 39.7 Å². The van der Waals surface area contributed by atoms with Crippen LogP contribution >= 0.6 is 0 Å². The summed E-state index contributed by atoms with van der Waals surface area (Å²) in [5, 5.41) is 0. The second kappa shape index (κ2) is 7.03. The van der Waals surface area contributed by atoms with Gasteiger partial charge in [0.2, 0.25) is 17.7 Å². The molecule has 1 aliphatic rings. The molecule has 1 atom stereocenters. The van der Waals surface area contributed by atoms with E-state index in [-0.39, 0.29) is 23.7 Å². The third kappa shape index (κ3) is 3.85. The summed E-state index contributed by atoms with van der Waals surface area (Å²) in [6.07, 6.45) is 1.92. The highest BCUT2D eigenvalue weighted by Crippen LogP contribution is 2.25. The normalized spacial score (nSPS) is 18.2. The first-order valence-corrected chi connectivity index (χ1v) is 8.79. The van der Waals surface area contributed by atoms with E-state index in [9.17, 15) is 9.59 Å². The number of nitrogens with zero attached hydrogens (tertiary/aromatic N) is 3. The van der Waals surface area contributed by atoms with Gasteiger partial charge in [0.1, 0.15) is 5.76 Å². The van der Waals surface area contributed by atoms with Crippen LogP contribution in [0.25, 0.3) is 0 Å². The average Bonchev–Trinajstić information content (AvgIpc) is 3.16. The molecule has 0 aliphatic carbocycles. The topological polar surface area (TPSA) is 66.7 Å². The molecule has 0 unspecified atom stereocenters. The fourth-order valence-corrected chi connectivity index (χ4v) is 3.00. The molecule has 2 amide bonds. The molecule has 1 aromatic carbocycles. The smallest absolute Gasteiger partial charge is 0.247 e. The molecule has 0 radical (unpaired) electrons. The maximum Gasteiger partial charge on any atom is 0.247 e. The Balaban J connectivity index is 1.66. The van der Waals surface area contributed by atoms with Gasteiger partial charge in [0, 0.05) is 5.41 Å². The van der Waals surface area contributed by atoms with Crippen LogP contribution < -0.4 is 0 Å². The number of oxazole rings is 1. The van der Waals surface area contributed by atoms with Crippen molar-refractivity contribution >= 4 is 11.8 Å². The van der Waals surface area contributed by atoms with Crippen molar-refractivity contribution < 1.29 is 14.0 Å². The Hall–Kier alpha value is -2.47. The van der Waals surface area contributed by atoms with Gasteiger partial charge >= 0.3 is 0 Å². The molecule has 6 nitrogen and oxygen atoms in total. The van der Waals surface area contributed by atoms with E-state index in [2.05, 4.69) is 25.8 Å². The summed E-state index contributed by atoms with van der Waals surface area (Å²) in [5.41, 5.74) is 0.829. The highest BCUT2D eigenvalue weighted by atomic mass is 16.4. The molecule has 0 spiro atoms. The first-order valence-electron chi connectivity index (χ1n) is 8.79. The number of hydrogen-bond donors (Lipinski definition) is 0. The molecule has 2 heterocycles. The number of rotatable bonds is 5. The quantitative estimate of drug-likeness (QED) is 0.772. The third-order valence-electron chi connectivity index (χ3n) is 4.61. The molecule has 138 valence electrons. The van der Waals surface area contributed by atoms with E-state index in [0.717, 1.165) is 11.3 Å². The van der Waals surface area contributed by atoms with Crippen LogP contribution in [0, 0.1) is 0 Å². The van der Waals surface area contributed by atoms with Crippen molar-refractivity contribution in [2.45, 2.75) is 51.7 Å². The summed E-state index contributed by atoms with van der Waals surface area (Å²) < 4.78 is 5.80. The third-order valence-corrected chi connectivity index (χ3v) is 4.61. The second-order valence-electron chi connectivity index (χ2n) is 7.81. The van der Waals surface area contributed by atoms with Crippen molar-refractivity contribution in [3.63, 3.8) is 0 Å². The van der Waals surface area contributed by atoms with Crippen LogP contribution in [0.4, 0.5) is 0 Å². The highest BCUT2D eigenvalue weighted by molar-refractivity contribution is 6.05. The Morgan fingerprint density at radius 2 is 1.92 bits per heavy atom. The number of likely N-dealkylation sites (tertiary alicyclic amines) is 1. The lowest BCUT2D eigenvalue weighted by Crippen LogP contribution is -2.39. The first kappa shape index (κ1) is 18.3. The van der Waals surface area contributed by atoms with Crippen molar-refractivity contribution in [1.29, 1.82) is 0 Å². The summed E-state index contributed by atoms with van der Waals surface area (Å²) in [5.74, 6) is 1.06. The zero-order valence-electron chi connectivity index (χ0n) is 15.7. The Kier molecular flexibility index (Phi) is 4.96. The number of likely N-dealkylation sites (N-methyl/N-ethyl adjacent to an activating group) is 1. The Labute approximate surface area is 153 Å². The van der Waals surface area contributed by atoms with Gasteiger partial charge in [-0.05, 0) is 12.6 Å². The van der Waals surface area contributed by atoms with Gasteiger partial charge in [-0.3, -0.25) is 19.4 Å². The fourth-order valence-electron chi connectivity index (χ4n) is 3.00. The molecular formula is C20H25N3O3. The molecule has 1 aliphatic heterocycles. The minimum absolute atomic E-state index is 0.116. The zero-order chi connectivity index (χ0) is 18.9. The van der Waals surface area contributed by atoms with Gasteiger partial charge in [0.15, 0.2) is 0 Å². The van der Waals surface area contributed by atoms with Crippen LogP contribution in [0.2, 0.25) is 0 Å². The van der Waals surface area contributed by atoms with Gasteiger partial charge in [0.05, 0.1) is 31.7 Å². The van der Waals surface area contributed by atoms with Crippen molar-refractivity contribution in [3.8, 4) is 0 Å². The number of carbonyl (C=O) groups is 2. The predicted molar refractivity (Wildman–Crippen MR) is 97.1 cm³/mol. The molecular weight excluding hydrogens is 330 g/mol. The molecule has 2 aromatic rings. The lowest BCUT2D eigenvalue weighted by atomic mass is 9.94. The number of carbonyl (C=O) groups excluding carboxylic acids is 2. The van der Waals surface area contributed by atoms with Gasteiger partial charge in [-0.15, -0.1) is 0 Å². The van der Waals surface area contributed by atoms with Crippen molar-refractivity contribution in [3.05, 3.63) is 53.7 Å². The predicted octanol–water partition coefficient (Wildman–Crippen LogP) is 2.73. The van der Waals surface area contributed by atoms with Crippen molar-refractivity contribution in [2.75, 3.05) is 7.05 Å². The molecule has 1 saturated heterocycles. The van der Waals surface area contributed by atoms with Crippen molar-refractivity contribution in [1.82, 2.24) is 14.8 Å². The summed E-state index contributed by atoms with van der Waals surface area (Å²) in [6.45, 7) is 6.87. The van der Waals surface area contributed by atoms with Crippen molar-refractivity contribution in [2.24, 2.45) is 0 Å². The minimum atomic E-state index is -0.476. The minimum Gasteiger partial charge on any atom is -0.444 e. The number of amides is 2. The summed E-state index contributed by atoms with van der Waals surface area (Å²) in [7, 11) is 1.82. The fraction of sp³-hybridized carbons (Fsp3) is 0.450. The lowest BCUT2D eigenvalue weighted by Gasteiger charge is -2.21. The maximum absolute atomic E-state index is 12.7. The lowest BCUT2D eigenvalue weighted by molar-refractivity contribution is -0.140. The number of aromatic nitrogens is 1. The van der Waals surface area contributed by atoms with Crippen LogP contribution in [-0.2, 0) is 28.1 Å². The van der Waals surface area contributed by atoms with Gasteiger partial charge in [-0.25, -0.2) is 4.98 Å². The van der Waals surface area contributed by atoms with Crippen LogP contribution in [0.3, 0.4) is 0 Å². The molecule has 0 saturated carbocycles. The summed E-state index contributed by atoms with van der Waals surface area (Å²) >= 11 is 0. The van der Waals surface area contributed by atoms with Gasteiger partial charge in [-0.1, -0.05) is 51.1 Å². The number of imide groups is 1. The average molecular weight is 355 g/mol. The second-order valence-corrected chi connectivity index (χ2v) is 7.81. The van der Waals surface area contributed by atoms with E-state index >= 15 is 0 Å². The van der Waals surface area contributed by atoms with E-state index in [1.54, 1.807) is 6.20 Å². The maximum atomic E-state index is 12.7. The molecule has 6 heteroatoms. The molecule has 0 N–H and O–H groups in total. The zero-order valence-corrected chi connectivity index (χ0v) is 15.7. The Morgan fingerprint density at radius 1 is 1.23 bits per heavy atom. The standard InChI is InChI=1S/C20H25N3O3/c1-20(2,3)16-11-21-17(26-16)13-22(4)15-10-18(24)23(19(15)25)12-14-8-6-5-7-9-14/h5-9,11,15H,10,12-13H2,1-4H3/t15-/m1/s1. The van der Waals surface area contributed by atoms with Crippen LogP contribution in [0.5, 0.6) is 0 Å². The monoisotopic (exact) mass is 355 g/mol. The van der Waals surface area contributed by atoms with Crippen LogP contribution in [0.15, 0.2) is 40.9 Å². The molecule has 3 rings (SSSR count). The van der Waals surface area contributed by atoms with Gasteiger partial charge in [-0.2, -0.15) is 0 Å². The molecule has 26 heavy (non-hydrogen) atoms. The van der Waals surface area contributed by atoms with E-state index in [0.29, 0.717) is 19.0 Å². The molecule has 0 bridgehead atoms. The largest absolute Gasteiger partial charge is 0.444 e. The molecule has 1 aromatic heterocycles. The number of benzene rings is 1. The Morgan fingerprint density at radius 3 is 2.54 bits per heavy atom. The van der Waals surface area contributed by atoms with E-state index in [1.807, 2.05) is 42.3 Å². The van der Waals surface area contributed by atoms with E-state index in [4.69, 9.17) is 4.42 Å². The summed E-state index contributed by atoms with van der Waals surface area (Å²) in [6, 6.07) is 9.07. The van der Waals surface area contributed by atoms with E-state index in [1.165, 1.54) is 4.90 Å². The number of hydrogen-bond acceptors (Lipinski definition) is 5. The van der Waals surface area contributed by atoms with E-state index < -0.39 is 6.04 Å². The van der Waals surface area contributed by atoms with Gasteiger partial charge < -0.3 is 4.42 Å². The molecule has 1 fully saturated rings. The first-order chi connectivity index (χ1) is 12.3. The SMILES string of the molecule is CN(Cc1ncc(C(C)(C)C)o1)[C@@H]1CC(=O)N(Cc2ccccc2)C1=O. The van der Waals surface area contributed by atoms with Gasteiger partial charge in [0.25, 0.3) is 0 Å². The van der Waals surface area contributed by atoms with Crippen LogP contribution in [0.1, 0.15) is 44.4 Å². The summed E-state index contributed by atoms with van der Waals surface area (Å²) in [4.78, 5) is 32.5. The highest BCUT2D eigenvalue weighted by Gasteiger charge is 2.41.